The highest BCUT2D eigenvalue weighted by atomic mass is 16.2. The van der Waals surface area contributed by atoms with Crippen molar-refractivity contribution in [2.75, 3.05) is 13.1 Å². The molecule has 3 heterocycles. The maximum atomic E-state index is 12.3. The lowest BCUT2D eigenvalue weighted by atomic mass is 10.2. The van der Waals surface area contributed by atoms with Crippen LogP contribution in [0.3, 0.4) is 0 Å². The van der Waals surface area contributed by atoms with Gasteiger partial charge in [0.15, 0.2) is 0 Å². The molecule has 116 valence electrons. The van der Waals surface area contributed by atoms with Gasteiger partial charge in [-0.15, -0.1) is 0 Å². The molecule has 0 bridgehead atoms. The van der Waals surface area contributed by atoms with Gasteiger partial charge in [0, 0.05) is 35.5 Å². The number of pyridine rings is 1. The van der Waals surface area contributed by atoms with Gasteiger partial charge in [-0.2, -0.15) is 0 Å². The molecule has 1 aliphatic heterocycles. The van der Waals surface area contributed by atoms with Crippen molar-refractivity contribution in [1.82, 2.24) is 20.2 Å². The number of carbonyl (C=O) groups is 2. The molecule has 2 aromatic rings. The molecule has 22 heavy (non-hydrogen) atoms. The van der Waals surface area contributed by atoms with Crippen LogP contribution in [0.1, 0.15) is 18.5 Å². The van der Waals surface area contributed by atoms with Crippen molar-refractivity contribution < 1.29 is 9.59 Å². The van der Waals surface area contributed by atoms with Gasteiger partial charge in [-0.1, -0.05) is 0 Å². The minimum Gasteiger partial charge on any atom is -0.357 e. The largest absolute Gasteiger partial charge is 0.357 e. The van der Waals surface area contributed by atoms with E-state index >= 15 is 0 Å². The van der Waals surface area contributed by atoms with Gasteiger partial charge >= 0.3 is 0 Å². The Labute approximate surface area is 127 Å². The number of aromatic amines is 1. The number of carbonyl (C=O) groups excluding carboxylic acids is 2. The van der Waals surface area contributed by atoms with E-state index in [0.717, 1.165) is 23.0 Å². The predicted octanol–water partition coefficient (Wildman–Crippen LogP) is 0.129. The van der Waals surface area contributed by atoms with Crippen LogP contribution in [0.15, 0.2) is 24.5 Å². The SMILES string of the molecule is NCC(=O)N1CCCC1C(=O)NCc1cc2cnccc2[nH]1. The van der Waals surface area contributed by atoms with Gasteiger partial charge in [0.05, 0.1) is 13.1 Å². The monoisotopic (exact) mass is 301 g/mol. The average Bonchev–Trinajstić information content (AvgIpc) is 3.17. The summed E-state index contributed by atoms with van der Waals surface area (Å²) < 4.78 is 0. The first-order chi connectivity index (χ1) is 10.7. The van der Waals surface area contributed by atoms with Gasteiger partial charge in [-0.25, -0.2) is 0 Å². The third kappa shape index (κ3) is 2.80. The molecule has 2 amide bonds. The Kier molecular flexibility index (Phi) is 4.06. The van der Waals surface area contributed by atoms with Crippen LogP contribution in [-0.4, -0.2) is 45.8 Å². The van der Waals surface area contributed by atoms with Crippen molar-refractivity contribution in [1.29, 1.82) is 0 Å². The van der Waals surface area contributed by atoms with E-state index in [-0.39, 0.29) is 18.4 Å². The lowest BCUT2D eigenvalue weighted by Crippen LogP contribution is -2.47. The number of likely N-dealkylation sites (tertiary alicyclic amines) is 1. The van der Waals surface area contributed by atoms with Gasteiger partial charge in [0.2, 0.25) is 11.8 Å². The summed E-state index contributed by atoms with van der Waals surface area (Å²) >= 11 is 0. The molecular weight excluding hydrogens is 282 g/mol. The predicted molar refractivity (Wildman–Crippen MR) is 81.7 cm³/mol. The van der Waals surface area contributed by atoms with Gasteiger partial charge < -0.3 is 20.9 Å². The molecule has 0 saturated carbocycles. The Bertz CT molecular complexity index is 663. The normalized spacial score (nSPS) is 17.9. The molecule has 0 radical (unpaired) electrons. The van der Waals surface area contributed by atoms with Gasteiger partial charge in [0.25, 0.3) is 0 Å². The highest BCUT2D eigenvalue weighted by Crippen LogP contribution is 2.18. The maximum absolute atomic E-state index is 12.3. The summed E-state index contributed by atoms with van der Waals surface area (Å²) in [6.45, 7) is 0.944. The Morgan fingerprint density at radius 2 is 2.36 bits per heavy atom. The van der Waals surface area contributed by atoms with E-state index in [1.54, 1.807) is 17.3 Å². The molecule has 7 nitrogen and oxygen atoms in total. The Hall–Kier alpha value is -2.41. The number of nitrogens with two attached hydrogens (primary N) is 1. The molecule has 2 aromatic heterocycles. The first-order valence-corrected chi connectivity index (χ1v) is 7.38. The van der Waals surface area contributed by atoms with Gasteiger partial charge in [-0.3, -0.25) is 14.6 Å². The number of fused-ring (bicyclic) bond motifs is 1. The van der Waals surface area contributed by atoms with Crippen molar-refractivity contribution in [3.63, 3.8) is 0 Å². The number of nitrogens with zero attached hydrogens (tertiary/aromatic N) is 2. The lowest BCUT2D eigenvalue weighted by molar-refractivity contribution is -0.137. The molecule has 1 unspecified atom stereocenters. The zero-order valence-electron chi connectivity index (χ0n) is 12.2. The van der Waals surface area contributed by atoms with Crippen molar-refractivity contribution in [2.24, 2.45) is 5.73 Å². The minimum absolute atomic E-state index is 0.0567. The van der Waals surface area contributed by atoms with Crippen LogP contribution in [-0.2, 0) is 16.1 Å². The Morgan fingerprint density at radius 1 is 1.50 bits per heavy atom. The quantitative estimate of drug-likeness (QED) is 0.746. The number of H-pyrrole nitrogens is 1. The number of rotatable bonds is 4. The number of amides is 2. The van der Waals surface area contributed by atoms with Crippen LogP contribution in [0.25, 0.3) is 10.9 Å². The summed E-state index contributed by atoms with van der Waals surface area (Å²) in [4.78, 5) is 32.9. The zero-order valence-corrected chi connectivity index (χ0v) is 12.2. The van der Waals surface area contributed by atoms with E-state index in [0.29, 0.717) is 19.5 Å². The first-order valence-electron chi connectivity index (χ1n) is 7.38. The smallest absolute Gasteiger partial charge is 0.243 e. The summed E-state index contributed by atoms with van der Waals surface area (Å²) in [6, 6.07) is 3.45. The molecule has 1 fully saturated rings. The van der Waals surface area contributed by atoms with E-state index in [9.17, 15) is 9.59 Å². The summed E-state index contributed by atoms with van der Waals surface area (Å²) in [5.41, 5.74) is 7.28. The second-order valence-corrected chi connectivity index (χ2v) is 5.42. The average molecular weight is 301 g/mol. The first kappa shape index (κ1) is 14.5. The molecule has 1 aliphatic rings. The topological polar surface area (TPSA) is 104 Å². The van der Waals surface area contributed by atoms with Gasteiger partial charge in [0.1, 0.15) is 6.04 Å². The van der Waals surface area contributed by atoms with Gasteiger partial charge in [-0.05, 0) is 25.0 Å². The lowest BCUT2D eigenvalue weighted by Gasteiger charge is -2.23. The number of nitrogens with one attached hydrogen (secondary N) is 2. The summed E-state index contributed by atoms with van der Waals surface area (Å²) in [7, 11) is 0. The summed E-state index contributed by atoms with van der Waals surface area (Å²) in [5.74, 6) is -0.301. The summed E-state index contributed by atoms with van der Waals surface area (Å²) in [6.07, 6.45) is 5.02. The van der Waals surface area contributed by atoms with Crippen molar-refractivity contribution in [3.8, 4) is 0 Å². The number of hydrogen-bond acceptors (Lipinski definition) is 4. The molecule has 3 rings (SSSR count). The highest BCUT2D eigenvalue weighted by Gasteiger charge is 2.33. The summed E-state index contributed by atoms with van der Waals surface area (Å²) in [5, 5.41) is 3.89. The fourth-order valence-corrected chi connectivity index (χ4v) is 2.88. The third-order valence-corrected chi connectivity index (χ3v) is 3.98. The second-order valence-electron chi connectivity index (χ2n) is 5.42. The number of hydrogen-bond donors (Lipinski definition) is 3. The fourth-order valence-electron chi connectivity index (χ4n) is 2.88. The minimum atomic E-state index is -0.401. The fraction of sp³-hybridized carbons (Fsp3) is 0.400. The van der Waals surface area contributed by atoms with E-state index in [2.05, 4.69) is 15.3 Å². The third-order valence-electron chi connectivity index (χ3n) is 3.98. The molecule has 1 atom stereocenters. The zero-order chi connectivity index (χ0) is 15.5. The van der Waals surface area contributed by atoms with Crippen molar-refractivity contribution >= 4 is 22.7 Å². The van der Waals surface area contributed by atoms with Crippen molar-refractivity contribution in [3.05, 3.63) is 30.2 Å². The van der Waals surface area contributed by atoms with Crippen LogP contribution >= 0.6 is 0 Å². The van der Waals surface area contributed by atoms with E-state index in [4.69, 9.17) is 5.73 Å². The van der Waals surface area contributed by atoms with Crippen LogP contribution in [0.2, 0.25) is 0 Å². The van der Waals surface area contributed by atoms with E-state index in [1.807, 2.05) is 12.1 Å². The molecular formula is C15H19N5O2. The number of aromatic nitrogens is 2. The van der Waals surface area contributed by atoms with Crippen LogP contribution < -0.4 is 11.1 Å². The van der Waals surface area contributed by atoms with E-state index < -0.39 is 6.04 Å². The second kappa shape index (κ2) is 6.15. The molecule has 7 heteroatoms. The highest BCUT2D eigenvalue weighted by molar-refractivity contribution is 5.89. The standard InChI is InChI=1S/C15H19N5O2/c16-7-14(21)20-5-1-2-13(20)15(22)18-9-11-6-10-8-17-4-3-12(10)19-11/h3-4,6,8,13,19H,1-2,5,7,9,16H2,(H,18,22). The maximum Gasteiger partial charge on any atom is 0.243 e. The molecule has 0 aliphatic carbocycles. The molecule has 0 aromatic carbocycles. The molecule has 4 N–H and O–H groups in total. The molecule has 1 saturated heterocycles. The van der Waals surface area contributed by atoms with E-state index in [1.165, 1.54) is 0 Å². The Morgan fingerprint density at radius 3 is 3.14 bits per heavy atom. The van der Waals surface area contributed by atoms with Crippen LogP contribution in [0.4, 0.5) is 0 Å². The molecule has 0 spiro atoms. The van der Waals surface area contributed by atoms with Crippen molar-refractivity contribution in [2.45, 2.75) is 25.4 Å². The Balaban J connectivity index is 1.63. The van der Waals surface area contributed by atoms with Crippen LogP contribution in [0, 0.1) is 0 Å². The van der Waals surface area contributed by atoms with Crippen LogP contribution in [0.5, 0.6) is 0 Å².